The van der Waals surface area contributed by atoms with E-state index in [9.17, 15) is 8.78 Å². The molecular formula is C14H16Cl2F2N2. The lowest BCUT2D eigenvalue weighted by Gasteiger charge is -2.16. The van der Waals surface area contributed by atoms with Crippen molar-refractivity contribution in [3.8, 4) is 0 Å². The standard InChI is InChI=1S/C14H14F2N2.2ClH/c15-13-5-1-3-11(7-13)9-18(17)10-12-4-2-6-14(16)8-12;;/h1-8H,9-10,17H2;2*1H. The maximum absolute atomic E-state index is 13.0. The van der Waals surface area contributed by atoms with Crippen LogP contribution in [0, 0.1) is 11.6 Å². The number of hydrogen-bond acceptors (Lipinski definition) is 2. The zero-order chi connectivity index (χ0) is 13.0. The molecule has 0 aliphatic carbocycles. The van der Waals surface area contributed by atoms with Crippen molar-refractivity contribution in [3.05, 3.63) is 71.3 Å². The number of halogens is 4. The van der Waals surface area contributed by atoms with E-state index in [-0.39, 0.29) is 36.4 Å². The van der Waals surface area contributed by atoms with Crippen LogP contribution in [0.25, 0.3) is 0 Å². The smallest absolute Gasteiger partial charge is 0.123 e. The Hall–Kier alpha value is -1.20. The van der Waals surface area contributed by atoms with Crippen LogP contribution in [0.1, 0.15) is 11.1 Å². The summed E-state index contributed by atoms with van der Waals surface area (Å²) in [5.74, 6) is 5.26. The van der Waals surface area contributed by atoms with E-state index >= 15 is 0 Å². The fourth-order valence-corrected chi connectivity index (χ4v) is 1.80. The normalized spacial score (nSPS) is 9.80. The molecule has 0 atom stereocenters. The first-order valence-corrected chi connectivity index (χ1v) is 5.62. The van der Waals surface area contributed by atoms with Gasteiger partial charge in [0.05, 0.1) is 0 Å². The second-order valence-electron chi connectivity index (χ2n) is 4.16. The predicted octanol–water partition coefficient (Wildman–Crippen LogP) is 3.68. The lowest BCUT2D eigenvalue weighted by Crippen LogP contribution is -2.29. The minimum atomic E-state index is -0.286. The van der Waals surface area contributed by atoms with Crippen molar-refractivity contribution >= 4 is 24.8 Å². The van der Waals surface area contributed by atoms with Gasteiger partial charge in [-0.15, -0.1) is 24.8 Å². The molecule has 0 unspecified atom stereocenters. The Bertz CT molecular complexity index is 491. The molecule has 0 fully saturated rings. The lowest BCUT2D eigenvalue weighted by atomic mass is 10.2. The Kier molecular flexibility index (Phi) is 8.34. The quantitative estimate of drug-likeness (QED) is 0.687. The van der Waals surface area contributed by atoms with E-state index in [1.54, 1.807) is 24.3 Å². The minimum absolute atomic E-state index is 0. The van der Waals surface area contributed by atoms with Crippen LogP contribution in [-0.2, 0) is 13.1 Å². The minimum Gasteiger partial charge on any atom is -0.268 e. The molecule has 2 N–H and O–H groups in total. The summed E-state index contributed by atoms with van der Waals surface area (Å²) in [5, 5.41) is 1.52. The van der Waals surface area contributed by atoms with E-state index in [1.807, 2.05) is 0 Å². The van der Waals surface area contributed by atoms with Crippen LogP contribution in [0.5, 0.6) is 0 Å². The summed E-state index contributed by atoms with van der Waals surface area (Å²) in [5.41, 5.74) is 1.57. The molecule has 0 amide bonds. The maximum atomic E-state index is 13.0. The highest BCUT2D eigenvalue weighted by Gasteiger charge is 2.04. The van der Waals surface area contributed by atoms with Gasteiger partial charge in [0.25, 0.3) is 0 Å². The summed E-state index contributed by atoms with van der Waals surface area (Å²) in [6.45, 7) is 0.822. The Morgan fingerprint density at radius 3 is 1.55 bits per heavy atom. The average Bonchev–Trinajstić information content (AvgIpc) is 2.28. The van der Waals surface area contributed by atoms with Crippen LogP contribution in [-0.4, -0.2) is 5.01 Å². The second kappa shape index (κ2) is 8.87. The van der Waals surface area contributed by atoms with Gasteiger partial charge in [-0.2, -0.15) is 0 Å². The monoisotopic (exact) mass is 320 g/mol. The summed E-state index contributed by atoms with van der Waals surface area (Å²) in [6.07, 6.45) is 0. The molecule has 110 valence electrons. The van der Waals surface area contributed by atoms with Crippen LogP contribution >= 0.6 is 24.8 Å². The molecule has 0 aromatic heterocycles. The number of hydrogen-bond donors (Lipinski definition) is 1. The Morgan fingerprint density at radius 2 is 1.20 bits per heavy atom. The van der Waals surface area contributed by atoms with E-state index in [4.69, 9.17) is 5.84 Å². The van der Waals surface area contributed by atoms with Gasteiger partial charge in [-0.3, -0.25) is 5.84 Å². The van der Waals surface area contributed by atoms with Crippen LogP contribution in [0.3, 0.4) is 0 Å². The van der Waals surface area contributed by atoms with Crippen LogP contribution < -0.4 is 5.84 Å². The highest BCUT2D eigenvalue weighted by molar-refractivity contribution is 5.85. The zero-order valence-corrected chi connectivity index (χ0v) is 12.3. The van der Waals surface area contributed by atoms with Crippen LogP contribution in [0.2, 0.25) is 0 Å². The zero-order valence-electron chi connectivity index (χ0n) is 10.6. The number of nitrogens with zero attached hydrogens (tertiary/aromatic N) is 1. The highest BCUT2D eigenvalue weighted by atomic mass is 35.5. The number of hydrazine groups is 1. The number of benzene rings is 2. The van der Waals surface area contributed by atoms with Gasteiger partial charge < -0.3 is 0 Å². The second-order valence-corrected chi connectivity index (χ2v) is 4.16. The summed E-state index contributed by atoms with van der Waals surface area (Å²) >= 11 is 0. The fraction of sp³-hybridized carbons (Fsp3) is 0.143. The Labute approximate surface area is 129 Å². The van der Waals surface area contributed by atoms with Gasteiger partial charge in [0.1, 0.15) is 11.6 Å². The predicted molar refractivity (Wildman–Crippen MR) is 80.7 cm³/mol. The molecule has 2 rings (SSSR count). The molecule has 0 radical (unpaired) electrons. The molecule has 20 heavy (non-hydrogen) atoms. The van der Waals surface area contributed by atoms with E-state index in [0.717, 1.165) is 11.1 Å². The van der Waals surface area contributed by atoms with Gasteiger partial charge in [0.2, 0.25) is 0 Å². The topological polar surface area (TPSA) is 29.3 Å². The molecule has 0 aliphatic rings. The molecular weight excluding hydrogens is 305 g/mol. The van der Waals surface area contributed by atoms with Crippen molar-refractivity contribution in [2.24, 2.45) is 5.84 Å². The molecule has 2 aromatic carbocycles. The average molecular weight is 321 g/mol. The van der Waals surface area contributed by atoms with E-state index < -0.39 is 0 Å². The Morgan fingerprint density at radius 1 is 0.800 bits per heavy atom. The van der Waals surface area contributed by atoms with Crippen molar-refractivity contribution in [3.63, 3.8) is 0 Å². The molecule has 0 bridgehead atoms. The first-order chi connectivity index (χ1) is 8.63. The van der Waals surface area contributed by atoms with Crippen LogP contribution in [0.15, 0.2) is 48.5 Å². The maximum Gasteiger partial charge on any atom is 0.123 e. The van der Waals surface area contributed by atoms with Crippen molar-refractivity contribution < 1.29 is 8.78 Å². The SMILES string of the molecule is Cl.Cl.NN(Cc1cccc(F)c1)Cc1cccc(F)c1. The van der Waals surface area contributed by atoms with Gasteiger partial charge in [0.15, 0.2) is 0 Å². The van der Waals surface area contributed by atoms with E-state index in [2.05, 4.69) is 0 Å². The Balaban J connectivity index is 0.00000180. The number of nitrogens with two attached hydrogens (primary N) is 1. The first-order valence-electron chi connectivity index (χ1n) is 5.62. The largest absolute Gasteiger partial charge is 0.268 e. The van der Waals surface area contributed by atoms with Gasteiger partial charge >= 0.3 is 0 Å². The highest BCUT2D eigenvalue weighted by Crippen LogP contribution is 2.09. The van der Waals surface area contributed by atoms with E-state index in [0.29, 0.717) is 13.1 Å². The van der Waals surface area contributed by atoms with Gasteiger partial charge in [-0.05, 0) is 35.4 Å². The third-order valence-corrected chi connectivity index (χ3v) is 2.55. The van der Waals surface area contributed by atoms with Crippen molar-refractivity contribution in [1.29, 1.82) is 0 Å². The van der Waals surface area contributed by atoms with Crippen LogP contribution in [0.4, 0.5) is 8.78 Å². The van der Waals surface area contributed by atoms with E-state index in [1.165, 1.54) is 29.3 Å². The number of rotatable bonds is 4. The molecule has 2 nitrogen and oxygen atoms in total. The lowest BCUT2D eigenvalue weighted by molar-refractivity contribution is 0.265. The molecule has 6 heteroatoms. The van der Waals surface area contributed by atoms with Crippen molar-refractivity contribution in [2.75, 3.05) is 0 Å². The van der Waals surface area contributed by atoms with Gasteiger partial charge in [0, 0.05) is 13.1 Å². The van der Waals surface area contributed by atoms with Crippen molar-refractivity contribution in [1.82, 2.24) is 5.01 Å². The first kappa shape index (κ1) is 18.8. The van der Waals surface area contributed by atoms with Crippen molar-refractivity contribution in [2.45, 2.75) is 13.1 Å². The molecule has 0 saturated heterocycles. The molecule has 0 aliphatic heterocycles. The summed E-state index contributed by atoms with van der Waals surface area (Å²) in [7, 11) is 0. The molecule has 2 aromatic rings. The van der Waals surface area contributed by atoms with Gasteiger partial charge in [-0.25, -0.2) is 13.8 Å². The molecule has 0 saturated carbocycles. The third kappa shape index (κ3) is 5.84. The summed E-state index contributed by atoms with van der Waals surface area (Å²) in [4.78, 5) is 0. The summed E-state index contributed by atoms with van der Waals surface area (Å²) in [6, 6.07) is 12.5. The molecule has 0 heterocycles. The fourth-order valence-electron chi connectivity index (χ4n) is 1.80. The third-order valence-electron chi connectivity index (χ3n) is 2.55. The molecule has 0 spiro atoms. The van der Waals surface area contributed by atoms with Gasteiger partial charge in [-0.1, -0.05) is 24.3 Å². The summed E-state index contributed by atoms with van der Waals surface area (Å²) < 4.78 is 26.0.